The van der Waals surface area contributed by atoms with Gasteiger partial charge in [0.2, 0.25) is 20.0 Å². The Morgan fingerprint density at radius 3 is 1.32 bits per heavy atom. The second kappa shape index (κ2) is 26.1. The van der Waals surface area contributed by atoms with Gasteiger partial charge in [0.15, 0.2) is 5.69 Å². The summed E-state index contributed by atoms with van der Waals surface area (Å²) < 4.78 is 61.4. The van der Waals surface area contributed by atoms with Crippen LogP contribution in [-0.2, 0) is 64.1 Å². The molecule has 0 spiro atoms. The predicted octanol–water partition coefficient (Wildman–Crippen LogP) is 9.16. The minimum Gasteiger partial charge on any atom is -0.381 e. The van der Waals surface area contributed by atoms with Crippen LogP contribution in [0, 0.1) is 31.8 Å². The summed E-state index contributed by atoms with van der Waals surface area (Å²) in [6, 6.07) is 45.0. The fourth-order valence-electron chi connectivity index (χ4n) is 6.67. The van der Waals surface area contributed by atoms with Crippen LogP contribution >= 0.6 is 0 Å². The predicted molar refractivity (Wildman–Crippen MR) is 260 cm³/mol. The van der Waals surface area contributed by atoms with Crippen molar-refractivity contribution >= 4 is 34.1 Å². The quantitative estimate of drug-likeness (QED) is 0.0807. The molecule has 0 unspecified atom stereocenters. The lowest BCUT2D eigenvalue weighted by atomic mass is 10.1. The molecule has 4 N–H and O–H groups in total. The molecule has 0 amide bonds. The fraction of sp³-hybridized carbons (Fsp3) is 0.255. The smallest absolute Gasteiger partial charge is 0.243 e. The number of nitriles is 1. The second-order valence-electron chi connectivity index (χ2n) is 15.1. The van der Waals surface area contributed by atoms with Crippen molar-refractivity contribution in [3.05, 3.63) is 207 Å². The summed E-state index contributed by atoms with van der Waals surface area (Å²) in [5.74, 6) is 0. The molecule has 0 atom stereocenters. The summed E-state index contributed by atoms with van der Waals surface area (Å²) in [6.07, 6.45) is 2.56. The molecule has 1 heterocycles. The standard InChI is InChI=1S/C23H19N3O2S.C23H27N3O2S.C4H8O.CH4.B/c1-18-9-11-23(12-10-18)29(27,28)26(16-20-6-3-5-19(13-20)15-24)17-21-7-4-8-22(14-21)25-2;1-18-8-10-23(11-9-18)29(27,28)26(16-21-6-2-4-19(12-21)14-24)17-22-7-3-5-20(13-22)15-25;1-2-4-5-3-1;;/h3-14H,16-17H2,1H3;2-13H,14-17,24-25H2,1H3;1-4H2;1H4;. The molecule has 3 radical (unpaired) electrons. The van der Waals surface area contributed by atoms with Crippen molar-refractivity contribution in [1.82, 2.24) is 8.61 Å². The van der Waals surface area contributed by atoms with E-state index >= 15 is 0 Å². The van der Waals surface area contributed by atoms with E-state index in [4.69, 9.17) is 28.0 Å². The van der Waals surface area contributed by atoms with Gasteiger partial charge in [-0.25, -0.2) is 21.7 Å². The first-order valence-corrected chi connectivity index (χ1v) is 23.4. The highest BCUT2D eigenvalue weighted by Gasteiger charge is 2.26. The highest BCUT2D eigenvalue weighted by molar-refractivity contribution is 7.89. The molecule has 0 bridgehead atoms. The van der Waals surface area contributed by atoms with Crippen LogP contribution in [-0.4, -0.2) is 47.1 Å². The maximum atomic E-state index is 13.4. The number of nitrogens with zero attached hydrogens (tertiary/aromatic N) is 4. The Balaban J connectivity index is 0.000000302. The molecule has 0 aliphatic carbocycles. The van der Waals surface area contributed by atoms with Crippen molar-refractivity contribution in [3.8, 4) is 6.07 Å². The second-order valence-corrected chi connectivity index (χ2v) is 19.0. The van der Waals surface area contributed by atoms with E-state index in [-0.39, 0.29) is 51.8 Å². The average Bonchev–Trinajstić information content (AvgIpc) is 3.90. The lowest BCUT2D eigenvalue weighted by molar-refractivity contribution is 0.198. The maximum Gasteiger partial charge on any atom is 0.243 e. The third-order valence-corrected chi connectivity index (χ3v) is 13.7. The Bertz CT molecular complexity index is 2620. The monoisotopic (exact) mass is 909 g/mol. The van der Waals surface area contributed by atoms with Gasteiger partial charge in [-0.15, -0.1) is 0 Å². The van der Waals surface area contributed by atoms with Gasteiger partial charge in [0, 0.05) is 60.9 Å². The van der Waals surface area contributed by atoms with E-state index in [1.165, 1.54) is 21.5 Å². The molecule has 6 aromatic rings. The van der Waals surface area contributed by atoms with Gasteiger partial charge < -0.3 is 16.2 Å². The summed E-state index contributed by atoms with van der Waals surface area (Å²) in [4.78, 5) is 3.92. The average molecular weight is 910 g/mol. The maximum absolute atomic E-state index is 13.4. The molecular weight excluding hydrogens is 852 g/mol. The van der Waals surface area contributed by atoms with Gasteiger partial charge in [-0.1, -0.05) is 128 Å². The highest BCUT2D eigenvalue weighted by atomic mass is 32.2. The van der Waals surface area contributed by atoms with Gasteiger partial charge in [0.1, 0.15) is 0 Å². The zero-order valence-electron chi connectivity index (χ0n) is 36.3. The molecule has 65 heavy (non-hydrogen) atoms. The van der Waals surface area contributed by atoms with E-state index < -0.39 is 20.0 Å². The Morgan fingerprint density at radius 1 is 0.585 bits per heavy atom. The highest BCUT2D eigenvalue weighted by Crippen LogP contribution is 2.25. The van der Waals surface area contributed by atoms with Gasteiger partial charge in [-0.3, -0.25) is 0 Å². The first-order valence-electron chi connectivity index (χ1n) is 20.6. The van der Waals surface area contributed by atoms with E-state index in [1.807, 2.05) is 74.5 Å². The van der Waals surface area contributed by atoms with Crippen LogP contribution in [0.15, 0.2) is 155 Å². The summed E-state index contributed by atoms with van der Waals surface area (Å²) >= 11 is 0. The van der Waals surface area contributed by atoms with Crippen molar-refractivity contribution in [1.29, 1.82) is 5.26 Å². The van der Waals surface area contributed by atoms with Crippen LogP contribution in [0.25, 0.3) is 4.85 Å². The Labute approximate surface area is 388 Å². The topological polar surface area (TPSA) is 164 Å². The number of rotatable bonds is 14. The van der Waals surface area contributed by atoms with E-state index in [9.17, 15) is 16.8 Å². The van der Waals surface area contributed by atoms with Crippen molar-refractivity contribution in [2.24, 2.45) is 11.5 Å². The molecule has 1 fully saturated rings. The van der Waals surface area contributed by atoms with Gasteiger partial charge in [0.25, 0.3) is 0 Å². The van der Waals surface area contributed by atoms with Gasteiger partial charge in [-0.2, -0.15) is 13.9 Å². The number of benzene rings is 6. The SMILES string of the molecule is C.C1CCOC1.Cc1ccc(S(=O)(=O)N(Cc2cccc(CN)c2)Cc2cccc(CN)c2)cc1.[B].[C-]#[N+]c1cccc(CN(Cc2cccc(C#N)c2)S(=O)(=O)c2ccc(C)cc2)c1. The zero-order valence-corrected chi connectivity index (χ0v) is 37.9. The summed E-state index contributed by atoms with van der Waals surface area (Å²) in [5.41, 5.74) is 19.6. The first kappa shape index (κ1) is 53.4. The van der Waals surface area contributed by atoms with E-state index in [2.05, 4.69) is 10.9 Å². The van der Waals surface area contributed by atoms with E-state index in [0.717, 1.165) is 57.7 Å². The van der Waals surface area contributed by atoms with Crippen LogP contribution in [0.3, 0.4) is 0 Å². The summed E-state index contributed by atoms with van der Waals surface area (Å²) in [5, 5.41) is 9.14. The number of hydrogen-bond donors (Lipinski definition) is 2. The normalized spacial score (nSPS) is 12.0. The molecule has 7 rings (SSSR count). The lowest BCUT2D eigenvalue weighted by Gasteiger charge is -2.23. The van der Waals surface area contributed by atoms with Crippen LogP contribution < -0.4 is 11.5 Å². The molecule has 0 aromatic heterocycles. The molecule has 11 nitrogen and oxygen atoms in total. The Hall–Kier alpha value is -5.94. The molecule has 1 aliphatic rings. The van der Waals surface area contributed by atoms with Crippen molar-refractivity contribution < 1.29 is 21.6 Å². The summed E-state index contributed by atoms with van der Waals surface area (Å²) in [6.45, 7) is 14.6. The van der Waals surface area contributed by atoms with Crippen LogP contribution in [0.4, 0.5) is 5.69 Å². The van der Waals surface area contributed by atoms with Gasteiger partial charge in [-0.05, 0) is 96.5 Å². The van der Waals surface area contributed by atoms with Crippen molar-refractivity contribution in [2.45, 2.75) is 83.2 Å². The van der Waals surface area contributed by atoms with Gasteiger partial charge >= 0.3 is 0 Å². The lowest BCUT2D eigenvalue weighted by Crippen LogP contribution is -2.30. The third kappa shape index (κ3) is 15.9. The number of sulfonamides is 2. The van der Waals surface area contributed by atoms with E-state index in [0.29, 0.717) is 24.3 Å². The summed E-state index contributed by atoms with van der Waals surface area (Å²) in [7, 11) is -7.46. The first-order chi connectivity index (χ1) is 30.3. The van der Waals surface area contributed by atoms with Crippen LogP contribution in [0.5, 0.6) is 0 Å². The molecule has 1 aliphatic heterocycles. The van der Waals surface area contributed by atoms with Crippen LogP contribution in [0.2, 0.25) is 0 Å². The molecule has 1 saturated heterocycles. The fourth-order valence-corrected chi connectivity index (χ4v) is 9.50. The minimum absolute atomic E-state index is 0. The number of aryl methyl sites for hydroxylation is 2. The largest absolute Gasteiger partial charge is 0.381 e. The molecule has 6 aromatic carbocycles. The number of ether oxygens (including phenoxy) is 1. The van der Waals surface area contributed by atoms with E-state index in [1.54, 1.807) is 84.9 Å². The van der Waals surface area contributed by atoms with Gasteiger partial charge in [0.05, 0.1) is 28.0 Å². The third-order valence-electron chi connectivity index (χ3n) is 10.1. The molecular formula is C51H58BN6O5S2. The molecule has 337 valence electrons. The zero-order chi connectivity index (χ0) is 45.2. The minimum atomic E-state index is -3.78. The molecule has 14 heteroatoms. The number of nitrogens with two attached hydrogens (primary N) is 2. The Morgan fingerprint density at radius 2 is 0.954 bits per heavy atom. The van der Waals surface area contributed by atoms with Crippen molar-refractivity contribution in [3.63, 3.8) is 0 Å². The van der Waals surface area contributed by atoms with Crippen molar-refractivity contribution in [2.75, 3.05) is 13.2 Å². The Kier molecular flexibility index (Phi) is 21.5. The number of hydrogen-bond acceptors (Lipinski definition) is 8. The molecule has 0 saturated carbocycles. The van der Waals surface area contributed by atoms with Crippen LogP contribution in [0.1, 0.15) is 70.3 Å².